The lowest BCUT2D eigenvalue weighted by Gasteiger charge is -2.26. The third-order valence-corrected chi connectivity index (χ3v) is 2.47. The first-order valence-corrected chi connectivity index (χ1v) is 6.01. The van der Waals surface area contributed by atoms with E-state index in [1.165, 1.54) is 0 Å². The standard InChI is InChI=1S/C12H17N3O4/c1-12(2,3)19-11(18)10(15-13)8(16)5-4-7-6-9(17)14-7/h7H,4-6H2,1-3H3,(H,14,17)/t7-/m1/s1. The van der Waals surface area contributed by atoms with Crippen molar-refractivity contribution in [3.05, 3.63) is 5.53 Å². The largest absolute Gasteiger partial charge is 0.451 e. The lowest BCUT2D eigenvalue weighted by Crippen LogP contribution is -2.48. The summed E-state index contributed by atoms with van der Waals surface area (Å²) < 4.78 is 4.96. The fourth-order valence-corrected chi connectivity index (χ4v) is 1.57. The van der Waals surface area contributed by atoms with Crippen LogP contribution in [-0.4, -0.2) is 39.8 Å². The van der Waals surface area contributed by atoms with Crippen molar-refractivity contribution in [2.75, 3.05) is 0 Å². The highest BCUT2D eigenvalue weighted by molar-refractivity contribution is 6.62. The predicted octanol–water partition coefficient (Wildman–Crippen LogP) is 0.237. The van der Waals surface area contributed by atoms with Crippen LogP contribution in [0, 0.1) is 0 Å². The van der Waals surface area contributed by atoms with Gasteiger partial charge in [0, 0.05) is 18.9 Å². The summed E-state index contributed by atoms with van der Waals surface area (Å²) >= 11 is 0. The Hall–Kier alpha value is -2.01. The van der Waals surface area contributed by atoms with Gasteiger partial charge in [0.2, 0.25) is 5.91 Å². The zero-order valence-corrected chi connectivity index (χ0v) is 11.2. The van der Waals surface area contributed by atoms with E-state index in [2.05, 4.69) is 10.1 Å². The molecule has 1 atom stereocenters. The summed E-state index contributed by atoms with van der Waals surface area (Å²) in [5.74, 6) is -1.60. The number of Topliss-reactive ketones (excluding diaryl/α,β-unsaturated/α-hetero) is 1. The molecule has 0 unspecified atom stereocenters. The smallest absolute Gasteiger partial charge is 0.441 e. The number of esters is 1. The maximum atomic E-state index is 11.7. The quantitative estimate of drug-likeness (QED) is 0.192. The zero-order chi connectivity index (χ0) is 14.6. The van der Waals surface area contributed by atoms with Crippen molar-refractivity contribution in [2.45, 2.75) is 51.7 Å². The number of rotatable bonds is 5. The number of hydrogen-bond acceptors (Lipinski definition) is 4. The first kappa shape index (κ1) is 15.0. The number of carbonyl (C=O) groups is 3. The van der Waals surface area contributed by atoms with Crippen molar-refractivity contribution in [3.8, 4) is 0 Å². The van der Waals surface area contributed by atoms with Crippen LogP contribution < -0.4 is 5.32 Å². The minimum Gasteiger partial charge on any atom is -0.451 e. The highest BCUT2D eigenvalue weighted by atomic mass is 16.6. The maximum Gasteiger partial charge on any atom is 0.441 e. The number of β-lactam (4-membered cyclic amide) rings is 1. The monoisotopic (exact) mass is 267 g/mol. The Morgan fingerprint density at radius 2 is 2.05 bits per heavy atom. The normalized spacial score (nSPS) is 17.8. The number of hydrogen-bond donors (Lipinski definition) is 1. The Kier molecular flexibility index (Phi) is 4.56. The molecule has 0 saturated carbocycles. The van der Waals surface area contributed by atoms with Crippen LogP contribution in [0.3, 0.4) is 0 Å². The number of nitrogens with zero attached hydrogens (tertiary/aromatic N) is 2. The van der Waals surface area contributed by atoms with Gasteiger partial charge in [-0.1, -0.05) is 0 Å². The topological polar surface area (TPSA) is 109 Å². The molecule has 1 amide bonds. The second-order valence-corrected chi connectivity index (χ2v) is 5.38. The van der Waals surface area contributed by atoms with Crippen LogP contribution >= 0.6 is 0 Å². The van der Waals surface area contributed by atoms with Crippen LogP contribution in [0.4, 0.5) is 0 Å². The summed E-state index contributed by atoms with van der Waals surface area (Å²) in [6.45, 7) is 4.94. The Bertz CT molecular complexity index is 450. The molecule has 104 valence electrons. The molecule has 0 aliphatic carbocycles. The Morgan fingerprint density at radius 3 is 2.47 bits per heavy atom. The van der Waals surface area contributed by atoms with Crippen molar-refractivity contribution in [2.24, 2.45) is 0 Å². The minimum atomic E-state index is -0.947. The van der Waals surface area contributed by atoms with Crippen molar-refractivity contribution in [1.82, 2.24) is 5.32 Å². The lowest BCUT2D eigenvalue weighted by atomic mass is 9.98. The molecule has 0 aromatic carbocycles. The van der Waals surface area contributed by atoms with E-state index in [0.29, 0.717) is 12.8 Å². The SMILES string of the molecule is CC(C)(C)OC(=O)C(=[N+]=[N-])C(=O)CC[C@@H]1CC(=O)N1. The Labute approximate surface area is 110 Å². The summed E-state index contributed by atoms with van der Waals surface area (Å²) in [5, 5.41) is 2.61. The molecule has 0 aromatic heterocycles. The average Bonchev–Trinajstić information content (AvgIpc) is 2.21. The van der Waals surface area contributed by atoms with Gasteiger partial charge in [-0.05, 0) is 27.2 Å². The van der Waals surface area contributed by atoms with E-state index in [1.54, 1.807) is 20.8 Å². The van der Waals surface area contributed by atoms with Crippen molar-refractivity contribution in [3.63, 3.8) is 0 Å². The summed E-state index contributed by atoms with van der Waals surface area (Å²) in [6, 6.07) is -0.0463. The van der Waals surface area contributed by atoms with E-state index >= 15 is 0 Å². The van der Waals surface area contributed by atoms with Crippen LogP contribution in [0.1, 0.15) is 40.0 Å². The zero-order valence-electron chi connectivity index (χ0n) is 11.2. The minimum absolute atomic E-state index is 0.0174. The second-order valence-electron chi connectivity index (χ2n) is 5.38. The molecule has 0 aromatic rings. The van der Waals surface area contributed by atoms with Crippen LogP contribution in [0.5, 0.6) is 0 Å². The van der Waals surface area contributed by atoms with Gasteiger partial charge in [-0.25, -0.2) is 4.79 Å². The summed E-state index contributed by atoms with van der Waals surface area (Å²) in [7, 11) is 0. The number of ether oxygens (including phenoxy) is 1. The van der Waals surface area contributed by atoms with E-state index < -0.39 is 23.1 Å². The van der Waals surface area contributed by atoms with Gasteiger partial charge < -0.3 is 15.6 Å². The molecule has 1 N–H and O–H groups in total. The van der Waals surface area contributed by atoms with E-state index in [-0.39, 0.29) is 18.4 Å². The molecule has 7 nitrogen and oxygen atoms in total. The number of amides is 1. The first-order valence-electron chi connectivity index (χ1n) is 6.01. The molecule has 1 aliphatic heterocycles. The summed E-state index contributed by atoms with van der Waals surface area (Å²) in [4.78, 5) is 36.7. The van der Waals surface area contributed by atoms with E-state index in [0.717, 1.165) is 0 Å². The fraction of sp³-hybridized carbons (Fsp3) is 0.667. The third-order valence-electron chi connectivity index (χ3n) is 2.47. The van der Waals surface area contributed by atoms with Gasteiger partial charge >= 0.3 is 11.7 Å². The molecule has 1 fully saturated rings. The maximum absolute atomic E-state index is 11.7. The number of carbonyl (C=O) groups excluding carboxylic acids is 3. The first-order chi connectivity index (χ1) is 8.73. The van der Waals surface area contributed by atoms with Crippen molar-refractivity contribution >= 4 is 23.4 Å². The number of ketones is 1. The summed E-state index contributed by atoms with van der Waals surface area (Å²) in [6.07, 6.45) is 0.807. The van der Waals surface area contributed by atoms with Crippen LogP contribution in [-0.2, 0) is 19.1 Å². The highest BCUT2D eigenvalue weighted by Crippen LogP contribution is 2.12. The van der Waals surface area contributed by atoms with Gasteiger partial charge in [0.15, 0.2) is 0 Å². The molecular weight excluding hydrogens is 250 g/mol. The lowest BCUT2D eigenvalue weighted by molar-refractivity contribution is -0.152. The third kappa shape index (κ3) is 4.63. The van der Waals surface area contributed by atoms with Gasteiger partial charge in [-0.15, -0.1) is 0 Å². The van der Waals surface area contributed by atoms with Gasteiger partial charge in [-0.3, -0.25) is 9.59 Å². The molecular formula is C12H17N3O4. The second kappa shape index (κ2) is 5.75. The van der Waals surface area contributed by atoms with Crippen molar-refractivity contribution in [1.29, 1.82) is 0 Å². The van der Waals surface area contributed by atoms with Gasteiger partial charge in [0.1, 0.15) is 5.60 Å². The highest BCUT2D eigenvalue weighted by Gasteiger charge is 2.35. The molecule has 19 heavy (non-hydrogen) atoms. The molecule has 7 heteroatoms. The van der Waals surface area contributed by atoms with E-state index in [4.69, 9.17) is 10.3 Å². The van der Waals surface area contributed by atoms with Gasteiger partial charge in [0.25, 0.3) is 5.78 Å². The van der Waals surface area contributed by atoms with Crippen LogP contribution in [0.15, 0.2) is 0 Å². The van der Waals surface area contributed by atoms with E-state index in [1.807, 2.05) is 0 Å². The molecule has 0 spiro atoms. The van der Waals surface area contributed by atoms with Crippen LogP contribution in [0.2, 0.25) is 0 Å². The molecule has 0 bridgehead atoms. The van der Waals surface area contributed by atoms with Gasteiger partial charge in [0.05, 0.1) is 0 Å². The summed E-state index contributed by atoms with van der Waals surface area (Å²) in [5.41, 5.74) is 7.36. The average molecular weight is 267 g/mol. The molecule has 1 heterocycles. The Balaban J connectivity index is 2.50. The molecule has 0 radical (unpaired) electrons. The predicted molar refractivity (Wildman–Crippen MR) is 65.3 cm³/mol. The Morgan fingerprint density at radius 1 is 1.47 bits per heavy atom. The number of nitrogens with one attached hydrogen (secondary N) is 1. The fourth-order valence-electron chi connectivity index (χ4n) is 1.57. The molecule has 1 saturated heterocycles. The van der Waals surface area contributed by atoms with Crippen LogP contribution in [0.25, 0.3) is 5.53 Å². The van der Waals surface area contributed by atoms with Gasteiger partial charge in [-0.2, -0.15) is 4.79 Å². The molecule has 1 rings (SSSR count). The molecule has 1 aliphatic rings. The van der Waals surface area contributed by atoms with E-state index in [9.17, 15) is 14.4 Å². The van der Waals surface area contributed by atoms with Crippen molar-refractivity contribution < 1.29 is 23.9 Å².